The molecule has 0 saturated carbocycles. The lowest BCUT2D eigenvalue weighted by molar-refractivity contribution is -0.123. The summed E-state index contributed by atoms with van der Waals surface area (Å²) < 4.78 is 5.07. The van der Waals surface area contributed by atoms with Gasteiger partial charge in [0.05, 0.1) is 7.11 Å². The fourth-order valence-electron chi connectivity index (χ4n) is 1.90. The summed E-state index contributed by atoms with van der Waals surface area (Å²) in [5.74, 6) is 0.105. The fourth-order valence-corrected chi connectivity index (χ4v) is 1.90. The average Bonchev–Trinajstić information content (AvgIpc) is 2.61. The fraction of sp³-hybridized carbons (Fsp3) is 0.167. The van der Waals surface area contributed by atoms with Crippen molar-refractivity contribution in [2.24, 2.45) is 0 Å². The minimum Gasteiger partial charge on any atom is -0.497 e. The Morgan fingerprint density at radius 2 is 1.79 bits per heavy atom. The van der Waals surface area contributed by atoms with Gasteiger partial charge in [0.25, 0.3) is 0 Å². The van der Waals surface area contributed by atoms with Gasteiger partial charge in [0.1, 0.15) is 11.8 Å². The molecule has 2 N–H and O–H groups in total. The average molecular weight is 325 g/mol. The molecule has 0 saturated heterocycles. The first kappa shape index (κ1) is 17.2. The molecular formula is C18H19N3O3. The summed E-state index contributed by atoms with van der Waals surface area (Å²) in [5.41, 5.74) is 1.49. The topological polar surface area (TPSA) is 80.3 Å². The molecule has 24 heavy (non-hydrogen) atoms. The lowest BCUT2D eigenvalue weighted by Crippen LogP contribution is -2.40. The quantitative estimate of drug-likeness (QED) is 0.798. The molecule has 0 radical (unpaired) electrons. The molecule has 1 aromatic heterocycles. The van der Waals surface area contributed by atoms with Crippen LogP contribution in [0.15, 0.2) is 54.9 Å². The van der Waals surface area contributed by atoms with Crippen LogP contribution in [0.25, 0.3) is 6.08 Å². The molecule has 6 nitrogen and oxygen atoms in total. The summed E-state index contributed by atoms with van der Waals surface area (Å²) in [6.07, 6.45) is 6.22. The minimum absolute atomic E-state index is 0.299. The van der Waals surface area contributed by atoms with E-state index in [4.69, 9.17) is 4.74 Å². The van der Waals surface area contributed by atoms with E-state index in [1.54, 1.807) is 44.6 Å². The van der Waals surface area contributed by atoms with Crippen molar-refractivity contribution in [2.75, 3.05) is 12.4 Å². The second-order valence-corrected chi connectivity index (χ2v) is 5.06. The van der Waals surface area contributed by atoms with Gasteiger partial charge >= 0.3 is 0 Å². The van der Waals surface area contributed by atoms with Gasteiger partial charge in [-0.25, -0.2) is 0 Å². The summed E-state index contributed by atoms with van der Waals surface area (Å²) in [7, 11) is 1.59. The molecule has 0 fully saturated rings. The first-order chi connectivity index (χ1) is 11.6. The summed E-state index contributed by atoms with van der Waals surface area (Å²) in [6.45, 7) is 1.62. The van der Waals surface area contributed by atoms with Gasteiger partial charge in [-0.2, -0.15) is 0 Å². The van der Waals surface area contributed by atoms with Crippen LogP contribution >= 0.6 is 0 Å². The smallest absolute Gasteiger partial charge is 0.246 e. The molecule has 2 amide bonds. The minimum atomic E-state index is -0.661. The van der Waals surface area contributed by atoms with Crippen molar-refractivity contribution in [3.8, 4) is 5.75 Å². The highest BCUT2D eigenvalue weighted by Crippen LogP contribution is 2.12. The molecule has 124 valence electrons. The van der Waals surface area contributed by atoms with E-state index in [9.17, 15) is 9.59 Å². The van der Waals surface area contributed by atoms with E-state index >= 15 is 0 Å². The summed E-state index contributed by atoms with van der Waals surface area (Å²) in [6, 6.07) is 9.98. The highest BCUT2D eigenvalue weighted by atomic mass is 16.5. The van der Waals surface area contributed by atoms with Crippen molar-refractivity contribution in [1.29, 1.82) is 0 Å². The maximum Gasteiger partial charge on any atom is 0.246 e. The number of rotatable bonds is 6. The van der Waals surface area contributed by atoms with Crippen LogP contribution in [0.3, 0.4) is 0 Å². The number of amides is 2. The van der Waals surface area contributed by atoms with E-state index in [1.807, 2.05) is 24.3 Å². The zero-order chi connectivity index (χ0) is 17.4. The van der Waals surface area contributed by atoms with Crippen LogP contribution in [0.4, 0.5) is 5.69 Å². The summed E-state index contributed by atoms with van der Waals surface area (Å²) >= 11 is 0. The molecule has 0 aliphatic carbocycles. The molecule has 6 heteroatoms. The molecular weight excluding hydrogens is 306 g/mol. The molecule has 0 bridgehead atoms. The number of methoxy groups -OCH3 is 1. The standard InChI is InChI=1S/C18H19N3O3/c1-13(18(23)21-15-9-11-19-12-10-15)20-17(22)8-5-14-3-6-16(24-2)7-4-14/h3-13H,1-2H3,(H,20,22)(H,19,21,23)/b8-5+. The Bertz CT molecular complexity index is 712. The van der Waals surface area contributed by atoms with Gasteiger partial charge in [0.2, 0.25) is 11.8 Å². The van der Waals surface area contributed by atoms with E-state index in [0.29, 0.717) is 5.69 Å². The predicted octanol–water partition coefficient (Wildman–Crippen LogP) is 2.25. The van der Waals surface area contributed by atoms with E-state index in [0.717, 1.165) is 11.3 Å². The Morgan fingerprint density at radius 1 is 1.12 bits per heavy atom. The third-order valence-electron chi connectivity index (χ3n) is 3.24. The molecule has 0 spiro atoms. The van der Waals surface area contributed by atoms with E-state index < -0.39 is 6.04 Å². The van der Waals surface area contributed by atoms with Gasteiger partial charge in [-0.1, -0.05) is 12.1 Å². The molecule has 1 heterocycles. The molecule has 1 unspecified atom stereocenters. The first-order valence-electron chi connectivity index (χ1n) is 7.42. The molecule has 1 aromatic carbocycles. The van der Waals surface area contributed by atoms with Crippen LogP contribution in [0.2, 0.25) is 0 Å². The highest BCUT2D eigenvalue weighted by molar-refractivity contribution is 5.99. The summed E-state index contributed by atoms with van der Waals surface area (Å²) in [5, 5.41) is 5.32. The van der Waals surface area contributed by atoms with Crippen molar-refractivity contribution in [3.63, 3.8) is 0 Å². The SMILES string of the molecule is COc1ccc(/C=C/C(=O)NC(C)C(=O)Nc2ccncc2)cc1. The zero-order valence-corrected chi connectivity index (χ0v) is 13.5. The number of ether oxygens (including phenoxy) is 1. The highest BCUT2D eigenvalue weighted by Gasteiger charge is 2.14. The number of benzene rings is 1. The lowest BCUT2D eigenvalue weighted by Gasteiger charge is -2.12. The molecule has 0 aliphatic heterocycles. The third kappa shape index (κ3) is 5.24. The number of anilines is 1. The number of carbonyl (C=O) groups excluding carboxylic acids is 2. The van der Waals surface area contributed by atoms with Crippen molar-refractivity contribution in [3.05, 3.63) is 60.4 Å². The van der Waals surface area contributed by atoms with Crippen molar-refractivity contribution < 1.29 is 14.3 Å². The number of carbonyl (C=O) groups is 2. The largest absolute Gasteiger partial charge is 0.497 e. The van der Waals surface area contributed by atoms with E-state index in [1.165, 1.54) is 6.08 Å². The van der Waals surface area contributed by atoms with Crippen LogP contribution in [-0.4, -0.2) is 29.9 Å². The molecule has 0 aliphatic rings. The zero-order valence-electron chi connectivity index (χ0n) is 13.5. The van der Waals surface area contributed by atoms with Crippen molar-refractivity contribution in [1.82, 2.24) is 10.3 Å². The Balaban J connectivity index is 1.86. The lowest BCUT2D eigenvalue weighted by atomic mass is 10.2. The number of nitrogens with zero attached hydrogens (tertiary/aromatic N) is 1. The number of aromatic nitrogens is 1. The third-order valence-corrected chi connectivity index (χ3v) is 3.24. The second-order valence-electron chi connectivity index (χ2n) is 5.06. The molecule has 2 rings (SSSR count). The molecule has 1 atom stereocenters. The van der Waals surface area contributed by atoms with E-state index in [-0.39, 0.29) is 11.8 Å². The normalized spacial score (nSPS) is 11.8. The van der Waals surface area contributed by atoms with E-state index in [2.05, 4.69) is 15.6 Å². The molecule has 2 aromatic rings. The van der Waals surface area contributed by atoms with Crippen LogP contribution in [-0.2, 0) is 9.59 Å². The Labute approximate surface area is 140 Å². The van der Waals surface area contributed by atoms with Crippen LogP contribution < -0.4 is 15.4 Å². The first-order valence-corrected chi connectivity index (χ1v) is 7.42. The number of nitrogens with one attached hydrogen (secondary N) is 2. The monoisotopic (exact) mass is 325 g/mol. The van der Waals surface area contributed by atoms with Crippen LogP contribution in [0.5, 0.6) is 5.75 Å². The summed E-state index contributed by atoms with van der Waals surface area (Å²) in [4.78, 5) is 27.8. The maximum absolute atomic E-state index is 12.0. The van der Waals surface area contributed by atoms with Crippen LogP contribution in [0, 0.1) is 0 Å². The van der Waals surface area contributed by atoms with Crippen LogP contribution in [0.1, 0.15) is 12.5 Å². The predicted molar refractivity (Wildman–Crippen MR) is 92.5 cm³/mol. The number of hydrogen-bond donors (Lipinski definition) is 2. The maximum atomic E-state index is 12.0. The Hall–Kier alpha value is -3.15. The number of hydrogen-bond acceptors (Lipinski definition) is 4. The van der Waals surface area contributed by atoms with Crippen molar-refractivity contribution >= 4 is 23.6 Å². The van der Waals surface area contributed by atoms with Gasteiger partial charge in [0, 0.05) is 24.2 Å². The Morgan fingerprint density at radius 3 is 2.42 bits per heavy atom. The van der Waals surface area contributed by atoms with Gasteiger partial charge < -0.3 is 15.4 Å². The van der Waals surface area contributed by atoms with Gasteiger partial charge in [-0.05, 0) is 42.8 Å². The number of pyridine rings is 1. The Kier molecular flexibility index (Phi) is 6.08. The second kappa shape index (κ2) is 8.47. The van der Waals surface area contributed by atoms with Gasteiger partial charge in [0.15, 0.2) is 0 Å². The van der Waals surface area contributed by atoms with Gasteiger partial charge in [-0.15, -0.1) is 0 Å². The van der Waals surface area contributed by atoms with Gasteiger partial charge in [-0.3, -0.25) is 14.6 Å². The van der Waals surface area contributed by atoms with Crippen molar-refractivity contribution in [2.45, 2.75) is 13.0 Å².